The zero-order valence-corrected chi connectivity index (χ0v) is 21.6. The minimum absolute atomic E-state index is 0.106. The van der Waals surface area contributed by atoms with E-state index in [2.05, 4.69) is 27.0 Å². The number of H-pyrrole nitrogens is 1. The number of benzene rings is 2. The average Bonchev–Trinajstić information content (AvgIpc) is 3.58. The third-order valence-electron chi connectivity index (χ3n) is 8.90. The summed E-state index contributed by atoms with van der Waals surface area (Å²) < 4.78 is 13.9. The van der Waals surface area contributed by atoms with Gasteiger partial charge in [-0.3, -0.25) is 4.79 Å². The van der Waals surface area contributed by atoms with Gasteiger partial charge in [0.05, 0.1) is 6.04 Å². The molecule has 1 atom stereocenters. The van der Waals surface area contributed by atoms with Crippen LogP contribution in [-0.2, 0) is 11.2 Å². The molecule has 2 aromatic carbocycles. The molecule has 2 aliphatic heterocycles. The van der Waals surface area contributed by atoms with Gasteiger partial charge in [0.15, 0.2) is 0 Å². The van der Waals surface area contributed by atoms with E-state index in [1.165, 1.54) is 35.6 Å². The average molecular weight is 508 g/mol. The van der Waals surface area contributed by atoms with Gasteiger partial charge in [-0.1, -0.05) is 36.6 Å². The predicted octanol–water partition coefficient (Wildman–Crippen LogP) is 6.85. The molecule has 1 amide bonds. The molecule has 0 radical (unpaired) electrons. The minimum Gasteiger partial charge on any atom is -0.361 e. The van der Waals surface area contributed by atoms with E-state index in [9.17, 15) is 9.18 Å². The Morgan fingerprint density at radius 3 is 2.64 bits per heavy atom. The normalized spacial score (nSPS) is 21.8. The summed E-state index contributed by atoms with van der Waals surface area (Å²) in [5.41, 5.74) is 4.73. The highest BCUT2D eigenvalue weighted by Crippen LogP contribution is 2.39. The number of hydrogen-bond donors (Lipinski definition) is 1. The SMILES string of the molecule is O=C(C1CCCC1)N1CCc2c(Cl)cccc2C1CCN1CCC(c2c[nH]c3ccc(F)cc23)CC1. The van der Waals surface area contributed by atoms with Crippen LogP contribution >= 0.6 is 11.6 Å². The summed E-state index contributed by atoms with van der Waals surface area (Å²) in [5, 5.41) is 1.85. The molecule has 1 saturated carbocycles. The van der Waals surface area contributed by atoms with Crippen molar-refractivity contribution in [3.63, 3.8) is 0 Å². The van der Waals surface area contributed by atoms with Crippen molar-refractivity contribution in [1.29, 1.82) is 0 Å². The lowest BCUT2D eigenvalue weighted by molar-refractivity contribution is -0.138. The van der Waals surface area contributed by atoms with Gasteiger partial charge in [-0.05, 0) is 98.5 Å². The number of aromatic amines is 1. The number of hydrogen-bond acceptors (Lipinski definition) is 2. The molecule has 6 rings (SSSR count). The third-order valence-corrected chi connectivity index (χ3v) is 9.26. The van der Waals surface area contributed by atoms with Gasteiger partial charge in [0.1, 0.15) is 5.82 Å². The van der Waals surface area contributed by atoms with Crippen LogP contribution in [-0.4, -0.2) is 46.9 Å². The molecule has 4 nitrogen and oxygen atoms in total. The quantitative estimate of drug-likeness (QED) is 0.410. The first-order chi connectivity index (χ1) is 17.6. The Morgan fingerprint density at radius 2 is 1.83 bits per heavy atom. The van der Waals surface area contributed by atoms with Crippen LogP contribution < -0.4 is 0 Å². The zero-order chi connectivity index (χ0) is 24.6. The van der Waals surface area contributed by atoms with Gasteiger partial charge in [-0.15, -0.1) is 0 Å². The first-order valence-electron chi connectivity index (χ1n) is 13.6. The first kappa shape index (κ1) is 24.0. The summed E-state index contributed by atoms with van der Waals surface area (Å²) in [7, 11) is 0. The second-order valence-electron chi connectivity index (χ2n) is 10.9. The van der Waals surface area contributed by atoms with E-state index in [0.717, 1.165) is 80.6 Å². The van der Waals surface area contributed by atoms with Crippen molar-refractivity contribution < 1.29 is 9.18 Å². The smallest absolute Gasteiger partial charge is 0.226 e. The number of amides is 1. The van der Waals surface area contributed by atoms with Crippen molar-refractivity contribution in [2.24, 2.45) is 5.92 Å². The molecule has 1 aromatic heterocycles. The molecule has 1 aliphatic carbocycles. The maximum Gasteiger partial charge on any atom is 0.226 e. The number of carbonyl (C=O) groups excluding carboxylic acids is 1. The topological polar surface area (TPSA) is 39.3 Å². The lowest BCUT2D eigenvalue weighted by Gasteiger charge is -2.40. The highest BCUT2D eigenvalue weighted by molar-refractivity contribution is 6.31. The van der Waals surface area contributed by atoms with Gasteiger partial charge in [0.25, 0.3) is 0 Å². The standard InChI is InChI=1S/C30H35ClFN3O/c31-27-7-3-6-24-23(27)12-17-35(30(36)21-4-1-2-5-21)29(24)13-16-34-14-10-20(11-15-34)26-19-33-28-9-8-22(32)18-25(26)28/h3,6-9,18-21,29,33H,1-2,4-5,10-17H2. The van der Waals surface area contributed by atoms with Gasteiger partial charge in [-0.2, -0.15) is 0 Å². The Labute approximate surface area is 217 Å². The van der Waals surface area contributed by atoms with Crippen LogP contribution in [0.15, 0.2) is 42.6 Å². The van der Waals surface area contributed by atoms with Crippen LogP contribution in [0, 0.1) is 11.7 Å². The fourth-order valence-corrected chi connectivity index (χ4v) is 7.19. The predicted molar refractivity (Wildman–Crippen MR) is 143 cm³/mol. The molecule has 3 aromatic rings. The number of nitrogens with one attached hydrogen (secondary N) is 1. The van der Waals surface area contributed by atoms with E-state index in [1.807, 2.05) is 18.2 Å². The highest BCUT2D eigenvalue weighted by Gasteiger charge is 2.36. The third kappa shape index (κ3) is 4.56. The molecule has 190 valence electrons. The summed E-state index contributed by atoms with van der Waals surface area (Å²) in [6.07, 6.45) is 10.4. The molecule has 1 saturated heterocycles. The van der Waals surface area contributed by atoms with Crippen LogP contribution in [0.1, 0.15) is 73.6 Å². The molecule has 2 fully saturated rings. The lowest BCUT2D eigenvalue weighted by atomic mass is 9.87. The highest BCUT2D eigenvalue weighted by atomic mass is 35.5. The fourth-order valence-electron chi connectivity index (χ4n) is 6.91. The Balaban J connectivity index is 1.14. The Morgan fingerprint density at radius 1 is 1.03 bits per heavy atom. The maximum atomic E-state index is 13.9. The Hall–Kier alpha value is -2.37. The van der Waals surface area contributed by atoms with Crippen molar-refractivity contribution in [3.05, 3.63) is 70.1 Å². The number of carbonyl (C=O) groups is 1. The molecule has 0 spiro atoms. The molecule has 0 bridgehead atoms. The Kier molecular flexibility index (Phi) is 6.78. The summed E-state index contributed by atoms with van der Waals surface area (Å²) >= 11 is 6.59. The van der Waals surface area contributed by atoms with Crippen LogP contribution in [0.25, 0.3) is 10.9 Å². The zero-order valence-electron chi connectivity index (χ0n) is 20.8. The summed E-state index contributed by atoms with van der Waals surface area (Å²) in [6, 6.07) is 11.3. The minimum atomic E-state index is -0.176. The van der Waals surface area contributed by atoms with E-state index < -0.39 is 0 Å². The first-order valence-corrected chi connectivity index (χ1v) is 14.0. The number of piperidine rings is 1. The van der Waals surface area contributed by atoms with E-state index in [4.69, 9.17) is 11.6 Å². The number of nitrogens with zero attached hydrogens (tertiary/aromatic N) is 2. The van der Waals surface area contributed by atoms with Gasteiger partial charge < -0.3 is 14.8 Å². The second-order valence-corrected chi connectivity index (χ2v) is 11.3. The molecule has 6 heteroatoms. The lowest BCUT2D eigenvalue weighted by Crippen LogP contribution is -2.44. The van der Waals surface area contributed by atoms with Crippen molar-refractivity contribution >= 4 is 28.4 Å². The van der Waals surface area contributed by atoms with Gasteiger partial charge in [-0.25, -0.2) is 4.39 Å². The monoisotopic (exact) mass is 507 g/mol. The second kappa shape index (κ2) is 10.2. The van der Waals surface area contributed by atoms with E-state index in [1.54, 1.807) is 6.07 Å². The van der Waals surface area contributed by atoms with Gasteiger partial charge in [0.2, 0.25) is 5.91 Å². The molecule has 3 aliphatic rings. The van der Waals surface area contributed by atoms with Crippen LogP contribution in [0.4, 0.5) is 4.39 Å². The number of likely N-dealkylation sites (tertiary alicyclic amines) is 1. The molecule has 36 heavy (non-hydrogen) atoms. The molecular formula is C30H35ClFN3O. The number of aromatic nitrogens is 1. The van der Waals surface area contributed by atoms with E-state index >= 15 is 0 Å². The largest absolute Gasteiger partial charge is 0.361 e. The number of fused-ring (bicyclic) bond motifs is 2. The van der Waals surface area contributed by atoms with Crippen LogP contribution in [0.5, 0.6) is 0 Å². The molecular weight excluding hydrogens is 473 g/mol. The maximum absolute atomic E-state index is 13.9. The van der Waals surface area contributed by atoms with E-state index in [0.29, 0.717) is 11.8 Å². The molecule has 3 heterocycles. The van der Waals surface area contributed by atoms with E-state index in [-0.39, 0.29) is 17.8 Å². The number of halogens is 2. The summed E-state index contributed by atoms with van der Waals surface area (Å²) in [5.74, 6) is 0.829. The fraction of sp³-hybridized carbons (Fsp3) is 0.500. The van der Waals surface area contributed by atoms with Crippen molar-refractivity contribution in [1.82, 2.24) is 14.8 Å². The summed E-state index contributed by atoms with van der Waals surface area (Å²) in [4.78, 5) is 21.6. The van der Waals surface area contributed by atoms with Crippen molar-refractivity contribution in [3.8, 4) is 0 Å². The molecule has 1 unspecified atom stereocenters. The number of rotatable bonds is 5. The summed E-state index contributed by atoms with van der Waals surface area (Å²) in [6.45, 7) is 3.80. The van der Waals surface area contributed by atoms with Gasteiger partial charge >= 0.3 is 0 Å². The van der Waals surface area contributed by atoms with Crippen LogP contribution in [0.2, 0.25) is 5.02 Å². The Bertz CT molecular complexity index is 1240. The van der Waals surface area contributed by atoms with Crippen LogP contribution in [0.3, 0.4) is 0 Å². The van der Waals surface area contributed by atoms with Gasteiger partial charge in [0, 0.05) is 41.1 Å². The molecule has 1 N–H and O–H groups in total. The van der Waals surface area contributed by atoms with Crippen molar-refractivity contribution in [2.75, 3.05) is 26.2 Å². The van der Waals surface area contributed by atoms with Crippen molar-refractivity contribution in [2.45, 2.75) is 63.3 Å².